The SMILES string of the molecule is CC1(C(=O)O)CCCN(CC2CCOC(OC(CO)c3cc(C(F)(F)F)cc(C(F)(F)F)c3)C2c2ccccc2)C1. The lowest BCUT2D eigenvalue weighted by molar-refractivity contribution is -0.219. The molecule has 0 bridgehead atoms. The van der Waals surface area contributed by atoms with Crippen LogP contribution in [0.25, 0.3) is 0 Å². The second kappa shape index (κ2) is 12.3. The third-order valence-electron chi connectivity index (χ3n) is 7.99. The molecule has 2 N–H and O–H groups in total. The van der Waals surface area contributed by atoms with Crippen LogP contribution >= 0.6 is 0 Å². The molecule has 0 aliphatic carbocycles. The fourth-order valence-electron chi connectivity index (χ4n) is 5.83. The lowest BCUT2D eigenvalue weighted by atomic mass is 9.78. The van der Waals surface area contributed by atoms with Crippen LogP contribution in [0.1, 0.15) is 60.5 Å². The Balaban J connectivity index is 1.64. The van der Waals surface area contributed by atoms with Crippen LogP contribution in [0.3, 0.4) is 0 Å². The Kier molecular flexibility index (Phi) is 9.37. The van der Waals surface area contributed by atoms with E-state index in [4.69, 9.17) is 9.47 Å². The molecule has 0 saturated carbocycles. The van der Waals surface area contributed by atoms with Crippen LogP contribution in [0.5, 0.6) is 0 Å². The molecule has 2 aliphatic heterocycles. The van der Waals surface area contributed by atoms with Crippen molar-refractivity contribution in [2.45, 2.75) is 56.9 Å². The second-order valence-corrected chi connectivity index (χ2v) is 11.1. The maximum Gasteiger partial charge on any atom is 0.416 e. The van der Waals surface area contributed by atoms with Gasteiger partial charge in [-0.15, -0.1) is 0 Å². The number of carbonyl (C=O) groups is 1. The molecule has 5 unspecified atom stereocenters. The number of rotatable bonds is 8. The second-order valence-electron chi connectivity index (χ2n) is 11.1. The van der Waals surface area contributed by atoms with Crippen LogP contribution in [0, 0.1) is 11.3 Å². The van der Waals surface area contributed by atoms with Crippen molar-refractivity contribution in [3.63, 3.8) is 0 Å². The van der Waals surface area contributed by atoms with Crippen molar-refractivity contribution in [2.24, 2.45) is 11.3 Å². The average molecular weight is 590 g/mol. The number of carboxylic acid groups (broad SMARTS) is 1. The van der Waals surface area contributed by atoms with Crippen molar-refractivity contribution >= 4 is 5.97 Å². The van der Waals surface area contributed by atoms with Crippen LogP contribution in [-0.4, -0.2) is 60.2 Å². The van der Waals surface area contributed by atoms with Crippen molar-refractivity contribution < 1.29 is 50.8 Å². The van der Waals surface area contributed by atoms with E-state index in [1.54, 1.807) is 25.1 Å². The predicted octanol–water partition coefficient (Wildman–Crippen LogP) is 6.11. The Morgan fingerprint density at radius 1 is 1.10 bits per heavy atom. The van der Waals surface area contributed by atoms with Crippen molar-refractivity contribution in [3.8, 4) is 0 Å². The van der Waals surface area contributed by atoms with Crippen LogP contribution in [0.15, 0.2) is 48.5 Å². The summed E-state index contributed by atoms with van der Waals surface area (Å²) in [6.45, 7) is 2.57. The van der Waals surface area contributed by atoms with Gasteiger partial charge in [0.15, 0.2) is 6.29 Å². The predicted molar refractivity (Wildman–Crippen MR) is 136 cm³/mol. The van der Waals surface area contributed by atoms with Gasteiger partial charge in [0.25, 0.3) is 0 Å². The summed E-state index contributed by atoms with van der Waals surface area (Å²) in [5.41, 5.74) is -3.59. The molecule has 2 aliphatic rings. The maximum atomic E-state index is 13.5. The topological polar surface area (TPSA) is 79.2 Å². The number of hydrogen-bond acceptors (Lipinski definition) is 5. The molecule has 4 rings (SSSR count). The third-order valence-corrected chi connectivity index (χ3v) is 7.99. The summed E-state index contributed by atoms with van der Waals surface area (Å²) >= 11 is 0. The first-order valence-corrected chi connectivity index (χ1v) is 13.4. The summed E-state index contributed by atoms with van der Waals surface area (Å²) in [5.74, 6) is -1.48. The van der Waals surface area contributed by atoms with E-state index in [9.17, 15) is 41.4 Å². The smallest absolute Gasteiger partial charge is 0.416 e. The van der Waals surface area contributed by atoms with E-state index >= 15 is 0 Å². The van der Waals surface area contributed by atoms with Gasteiger partial charge in [-0.1, -0.05) is 30.3 Å². The van der Waals surface area contributed by atoms with Crippen molar-refractivity contribution in [1.29, 1.82) is 0 Å². The number of nitrogens with zero attached hydrogens (tertiary/aromatic N) is 1. The zero-order valence-electron chi connectivity index (χ0n) is 22.4. The molecule has 6 nitrogen and oxygen atoms in total. The summed E-state index contributed by atoms with van der Waals surface area (Å²) in [6, 6.07) is 10.2. The molecule has 5 atom stereocenters. The number of aliphatic hydroxyl groups is 1. The molecule has 226 valence electrons. The number of ether oxygens (including phenoxy) is 2. The van der Waals surface area contributed by atoms with E-state index in [-0.39, 0.29) is 18.6 Å². The first-order valence-electron chi connectivity index (χ1n) is 13.4. The fourth-order valence-corrected chi connectivity index (χ4v) is 5.83. The monoisotopic (exact) mass is 589 g/mol. The lowest BCUT2D eigenvalue weighted by Gasteiger charge is -2.44. The van der Waals surface area contributed by atoms with Crippen LogP contribution < -0.4 is 0 Å². The van der Waals surface area contributed by atoms with Crippen LogP contribution in [-0.2, 0) is 26.6 Å². The minimum absolute atomic E-state index is 0.0291. The number of halogens is 6. The van der Waals surface area contributed by atoms with Crippen LogP contribution in [0.4, 0.5) is 26.3 Å². The molecule has 2 aromatic carbocycles. The number of benzene rings is 2. The highest BCUT2D eigenvalue weighted by Gasteiger charge is 2.43. The molecule has 0 amide bonds. The van der Waals surface area contributed by atoms with Gasteiger partial charge >= 0.3 is 18.3 Å². The number of aliphatic hydroxyl groups excluding tert-OH is 1. The van der Waals surface area contributed by atoms with E-state index in [1.165, 1.54) is 0 Å². The van der Waals surface area contributed by atoms with Gasteiger partial charge in [0.05, 0.1) is 29.8 Å². The highest BCUT2D eigenvalue weighted by molar-refractivity contribution is 5.74. The highest BCUT2D eigenvalue weighted by Crippen LogP contribution is 2.42. The van der Waals surface area contributed by atoms with Crippen LogP contribution in [0.2, 0.25) is 0 Å². The van der Waals surface area contributed by atoms with E-state index in [0.717, 1.165) is 5.56 Å². The number of hydrogen-bond donors (Lipinski definition) is 2. The van der Waals surface area contributed by atoms with Crippen molar-refractivity contribution in [1.82, 2.24) is 4.90 Å². The summed E-state index contributed by atoms with van der Waals surface area (Å²) < 4.78 is 92.8. The Labute approximate surface area is 233 Å². The first-order chi connectivity index (χ1) is 19.2. The minimum Gasteiger partial charge on any atom is -0.481 e. The van der Waals surface area contributed by atoms with E-state index in [0.29, 0.717) is 51.0 Å². The summed E-state index contributed by atoms with van der Waals surface area (Å²) in [7, 11) is 0. The van der Waals surface area contributed by atoms with E-state index < -0.39 is 65.3 Å². The normalized spacial score (nSPS) is 27.0. The highest BCUT2D eigenvalue weighted by atomic mass is 19.4. The molecule has 0 radical (unpaired) electrons. The third kappa shape index (κ3) is 7.40. The molecule has 0 spiro atoms. The van der Waals surface area contributed by atoms with Gasteiger partial charge in [-0.2, -0.15) is 26.3 Å². The van der Waals surface area contributed by atoms with Crippen molar-refractivity contribution in [2.75, 3.05) is 32.8 Å². The van der Waals surface area contributed by atoms with E-state index in [2.05, 4.69) is 4.90 Å². The number of likely N-dealkylation sites (tertiary alicyclic amines) is 1. The first kappa shape index (κ1) is 31.3. The molecule has 12 heteroatoms. The number of piperidine rings is 1. The Morgan fingerprint density at radius 3 is 2.29 bits per heavy atom. The Morgan fingerprint density at radius 2 is 1.73 bits per heavy atom. The Hall–Kier alpha value is -2.67. The summed E-state index contributed by atoms with van der Waals surface area (Å²) in [4.78, 5) is 14.0. The standard InChI is InChI=1S/C29H33F6NO5/c1-27(26(38)39)9-5-10-36(17-27)15-19-8-11-40-25(24(19)18-6-3-2-4-7-18)41-23(16-37)20-12-21(28(30,31)32)14-22(13-20)29(33,34)35/h2-4,6-7,12-14,19,23-25,37H,5,8-11,15-17H2,1H3,(H,38,39). The molecule has 2 fully saturated rings. The molecular weight excluding hydrogens is 556 g/mol. The zero-order chi connectivity index (χ0) is 30.0. The molecule has 2 aromatic rings. The van der Waals surface area contributed by atoms with Crippen molar-refractivity contribution in [3.05, 3.63) is 70.8 Å². The van der Waals surface area contributed by atoms with Gasteiger partial charge in [0.1, 0.15) is 6.10 Å². The van der Waals surface area contributed by atoms with Gasteiger partial charge in [0.2, 0.25) is 0 Å². The molecular formula is C29H33F6NO5. The Bertz CT molecular complexity index is 1160. The van der Waals surface area contributed by atoms with Gasteiger partial charge in [-0.25, -0.2) is 0 Å². The number of aliphatic carboxylic acids is 1. The zero-order valence-corrected chi connectivity index (χ0v) is 22.4. The molecule has 0 aromatic heterocycles. The molecule has 2 heterocycles. The molecule has 41 heavy (non-hydrogen) atoms. The van der Waals surface area contributed by atoms with Gasteiger partial charge < -0.3 is 24.6 Å². The molecule has 2 saturated heterocycles. The van der Waals surface area contributed by atoms with Gasteiger partial charge in [0, 0.05) is 19.0 Å². The number of alkyl halides is 6. The van der Waals surface area contributed by atoms with Gasteiger partial charge in [-0.3, -0.25) is 4.79 Å². The maximum absolute atomic E-state index is 13.5. The van der Waals surface area contributed by atoms with Gasteiger partial charge in [-0.05, 0) is 68.0 Å². The quantitative estimate of drug-likeness (QED) is 0.362. The fraction of sp³-hybridized carbons (Fsp3) is 0.552. The van der Waals surface area contributed by atoms with E-state index in [1.807, 2.05) is 12.1 Å². The average Bonchev–Trinajstić information content (AvgIpc) is 2.91. The lowest BCUT2D eigenvalue weighted by Crippen LogP contribution is -2.49. The summed E-state index contributed by atoms with van der Waals surface area (Å²) in [6.07, 6.45) is -10.9. The largest absolute Gasteiger partial charge is 0.481 e. The minimum atomic E-state index is -5.05. The number of carboxylic acids is 1. The summed E-state index contributed by atoms with van der Waals surface area (Å²) in [5, 5.41) is 19.8.